The van der Waals surface area contributed by atoms with Crippen LogP contribution in [-0.4, -0.2) is 65.3 Å². The Morgan fingerprint density at radius 3 is 2.64 bits per heavy atom. The molecule has 16 nitrogen and oxygen atoms in total. The van der Waals surface area contributed by atoms with Gasteiger partial charge in [-0.05, 0) is 12.1 Å². The van der Waals surface area contributed by atoms with Gasteiger partial charge in [-0.3, -0.25) is 27.5 Å². The molecule has 2 saturated heterocycles. The number of aliphatic hydroxyl groups excluding tert-OH is 1. The summed E-state index contributed by atoms with van der Waals surface area (Å²) < 4.78 is 56.3. The smallest absolute Gasteiger partial charge is 0.386 e. The van der Waals surface area contributed by atoms with E-state index in [9.17, 15) is 23.9 Å². The maximum Gasteiger partial charge on any atom is 0.386 e. The summed E-state index contributed by atoms with van der Waals surface area (Å²) in [5.41, 5.74) is 7.06. The summed E-state index contributed by atoms with van der Waals surface area (Å²) in [4.78, 5) is 34.2. The van der Waals surface area contributed by atoms with Gasteiger partial charge in [0.2, 0.25) is 6.29 Å². The van der Waals surface area contributed by atoms with E-state index >= 15 is 0 Å². The lowest BCUT2D eigenvalue weighted by atomic mass is 10.2. The van der Waals surface area contributed by atoms with Crippen LogP contribution in [0.25, 0.3) is 21.4 Å². The fraction of sp³-hybridized carbons (Fsp3) is 0.364. The average molecular weight is 760 g/mol. The van der Waals surface area contributed by atoms with Gasteiger partial charge in [0, 0.05) is 12.0 Å². The number of hydrogen-bond donors (Lipinski definition) is 5. The minimum absolute atomic E-state index is 0.0104. The van der Waals surface area contributed by atoms with Crippen LogP contribution in [0.2, 0.25) is 10.0 Å². The van der Waals surface area contributed by atoms with Gasteiger partial charge in [-0.15, -0.1) is 0 Å². The molecule has 23 heteroatoms. The van der Waals surface area contributed by atoms with Crippen LogP contribution in [0.1, 0.15) is 18.9 Å². The summed E-state index contributed by atoms with van der Waals surface area (Å²) in [5.74, 6) is 0.105. The topological polar surface area (TPSA) is 212 Å². The van der Waals surface area contributed by atoms with Crippen molar-refractivity contribution in [2.75, 3.05) is 12.3 Å². The molecule has 0 bridgehead atoms. The summed E-state index contributed by atoms with van der Waals surface area (Å²) >= 11 is 20.7. The van der Waals surface area contributed by atoms with Crippen LogP contribution < -0.4 is 10.6 Å². The van der Waals surface area contributed by atoms with Crippen molar-refractivity contribution in [1.29, 1.82) is 0 Å². The number of aromatic nitrogens is 5. The zero-order chi connectivity index (χ0) is 32.4. The quantitative estimate of drug-likeness (QED) is 0.0913. The highest BCUT2D eigenvalue weighted by Gasteiger charge is 2.48. The van der Waals surface area contributed by atoms with Crippen molar-refractivity contribution in [1.82, 2.24) is 24.1 Å². The van der Waals surface area contributed by atoms with Crippen LogP contribution in [0.5, 0.6) is 0 Å². The third-order valence-electron chi connectivity index (χ3n) is 6.82. The third kappa shape index (κ3) is 6.75. The molecule has 45 heavy (non-hydrogen) atoms. The number of rotatable bonds is 9. The lowest BCUT2D eigenvalue weighted by molar-refractivity contribution is -0.122. The molecular formula is C22H22Cl2N6O10P2S3. The predicted octanol–water partition coefficient (Wildman–Crippen LogP) is 4.34. The number of nitrogens with zero attached hydrogens (tertiary/aromatic N) is 5. The van der Waals surface area contributed by atoms with Gasteiger partial charge in [0.05, 0.1) is 40.1 Å². The van der Waals surface area contributed by atoms with Crippen LogP contribution >= 0.6 is 72.6 Å². The Bertz CT molecular complexity index is 1970. The molecule has 4 aromatic rings. The largest absolute Gasteiger partial charge is 0.388 e. The fourth-order valence-corrected chi connectivity index (χ4v) is 8.23. The van der Waals surface area contributed by atoms with Crippen LogP contribution in [-0.2, 0) is 32.2 Å². The molecule has 4 N–H and O–H groups in total. The van der Waals surface area contributed by atoms with Gasteiger partial charge in [-0.1, -0.05) is 65.6 Å². The van der Waals surface area contributed by atoms with Gasteiger partial charge in [-0.25, -0.2) is 24.1 Å². The van der Waals surface area contributed by atoms with Crippen LogP contribution in [0, 0.1) is 0 Å². The molecular weight excluding hydrogens is 737 g/mol. The van der Waals surface area contributed by atoms with Gasteiger partial charge in [-0.2, -0.15) is 0 Å². The van der Waals surface area contributed by atoms with Crippen molar-refractivity contribution < 1.29 is 42.2 Å². The van der Waals surface area contributed by atoms with E-state index in [4.69, 9.17) is 52.0 Å². The van der Waals surface area contributed by atoms with Gasteiger partial charge in [0.15, 0.2) is 18.1 Å². The zero-order valence-corrected chi connectivity index (χ0v) is 28.2. The fourth-order valence-electron chi connectivity index (χ4n) is 4.90. The summed E-state index contributed by atoms with van der Waals surface area (Å²) in [6.07, 6.45) is -4.77. The Morgan fingerprint density at radius 2 is 1.91 bits per heavy atom. The molecule has 3 unspecified atom stereocenters. The molecule has 5 heterocycles. The van der Waals surface area contributed by atoms with Crippen molar-refractivity contribution in [3.8, 4) is 0 Å². The van der Waals surface area contributed by atoms with E-state index in [1.807, 2.05) is 0 Å². The molecule has 0 saturated carbocycles. The summed E-state index contributed by atoms with van der Waals surface area (Å²) in [6, 6.07) is 3.07. The van der Waals surface area contributed by atoms with Crippen molar-refractivity contribution in [2.24, 2.45) is 0 Å². The maximum absolute atomic E-state index is 13.4. The lowest BCUT2D eigenvalue weighted by Gasteiger charge is -2.23. The molecule has 2 aliphatic rings. The highest BCUT2D eigenvalue weighted by molar-refractivity contribution is 8.44. The van der Waals surface area contributed by atoms with E-state index in [0.29, 0.717) is 15.7 Å². The maximum atomic E-state index is 13.4. The number of ether oxygens (including phenoxy) is 2. The van der Waals surface area contributed by atoms with Crippen molar-refractivity contribution in [2.45, 2.75) is 43.5 Å². The number of nitrogen functional groups attached to an aromatic ring is 1. The number of anilines is 1. The Hall–Kier alpha value is -1.54. The average Bonchev–Trinajstić information content (AvgIpc) is 3.68. The second-order valence-corrected chi connectivity index (χ2v) is 17.2. The monoisotopic (exact) mass is 758 g/mol. The minimum atomic E-state index is -4.47. The number of benzene rings is 1. The molecule has 242 valence electrons. The normalized spacial score (nSPS) is 28.2. The first kappa shape index (κ1) is 33.4. The Balaban J connectivity index is 1.18. The number of aliphatic hydroxyl groups is 1. The van der Waals surface area contributed by atoms with Crippen LogP contribution in [0.3, 0.4) is 0 Å². The number of thiol groups is 2. The SMILES string of the molecule is C=C1C(OP(=O)(S)OC[C@@H]2C[C@H](O)[C@H](n3c(=O)sc4c(N)ncnc43)O2)[C@@H](OP(=O)(O)S)O[C@H]1n1cnc2cc(Cl)c(Cl)cc21. The number of imidazole rings is 1. The van der Waals surface area contributed by atoms with E-state index in [-0.39, 0.29) is 33.5 Å². The number of halogens is 2. The highest BCUT2D eigenvalue weighted by Crippen LogP contribution is 2.59. The van der Waals surface area contributed by atoms with E-state index < -0.39 is 62.1 Å². The first-order valence-corrected chi connectivity index (χ1v) is 19.6. The minimum Gasteiger partial charge on any atom is -0.388 e. The standard InChI is InChI=1S/C22H22Cl2N6O10P2S3/c1-8-15(21(40-41(33,34)43)38-19(8)29-7-28-12-3-10(23)11(24)4-13(12)29)39-42(35,44)36-5-9-2-14(31)20(37-9)30-18-16(45-22(30)32)17(25)26-6-27-18/h3-4,6-7,9,14-15,19-21,31H,1-2,5H2,(H,35,44)(H2,25,26,27)(H2,33,34,43)/t9-,14-,15?,19+,20+,21+,42?/m0/s1. The summed E-state index contributed by atoms with van der Waals surface area (Å²) in [5, 5.41) is 11.2. The van der Waals surface area contributed by atoms with Crippen LogP contribution in [0.4, 0.5) is 5.82 Å². The summed E-state index contributed by atoms with van der Waals surface area (Å²) in [6.45, 7) is -5.21. The second-order valence-electron chi connectivity index (χ2n) is 9.83. The van der Waals surface area contributed by atoms with Gasteiger partial charge in [0.25, 0.3) is 0 Å². The highest BCUT2D eigenvalue weighted by atomic mass is 35.5. The van der Waals surface area contributed by atoms with E-state index in [0.717, 1.165) is 15.9 Å². The van der Waals surface area contributed by atoms with Crippen LogP contribution in [0.15, 0.2) is 41.7 Å². The number of thiazole rings is 1. The van der Waals surface area contributed by atoms with E-state index in [1.165, 1.54) is 29.4 Å². The third-order valence-corrected chi connectivity index (χ3v) is 10.9. The lowest BCUT2D eigenvalue weighted by Crippen LogP contribution is -2.27. The predicted molar refractivity (Wildman–Crippen MR) is 171 cm³/mol. The number of nitrogens with two attached hydrogens (primary N) is 1. The zero-order valence-electron chi connectivity index (χ0n) is 22.3. The Labute approximate surface area is 277 Å². The van der Waals surface area contributed by atoms with Gasteiger partial charge >= 0.3 is 18.5 Å². The van der Waals surface area contributed by atoms with Gasteiger partial charge in [0.1, 0.15) is 29.1 Å². The number of fused-ring (bicyclic) bond motifs is 2. The molecule has 0 radical (unpaired) electrons. The van der Waals surface area contributed by atoms with Gasteiger partial charge < -0.3 is 25.2 Å². The first-order valence-electron chi connectivity index (χ1n) is 12.6. The van der Waals surface area contributed by atoms with Crippen molar-refractivity contribution in [3.63, 3.8) is 0 Å². The Kier molecular flexibility index (Phi) is 9.26. The van der Waals surface area contributed by atoms with Crippen molar-refractivity contribution >= 4 is 99.8 Å². The molecule has 3 aromatic heterocycles. The molecule has 1 aromatic carbocycles. The molecule has 6 rings (SSSR count). The molecule has 0 spiro atoms. The van der Waals surface area contributed by atoms with E-state index in [2.05, 4.69) is 46.0 Å². The molecule has 2 fully saturated rings. The Morgan fingerprint density at radius 1 is 1.18 bits per heavy atom. The molecule has 0 amide bonds. The van der Waals surface area contributed by atoms with E-state index in [1.54, 1.807) is 0 Å². The molecule has 2 aliphatic heterocycles. The first-order chi connectivity index (χ1) is 21.1. The van der Waals surface area contributed by atoms with Crippen molar-refractivity contribution in [3.05, 3.63) is 56.7 Å². The molecule has 8 atom stereocenters. The summed E-state index contributed by atoms with van der Waals surface area (Å²) in [7, 11) is 0. The molecule has 0 aliphatic carbocycles. The number of hydrogen-bond acceptors (Lipinski definition) is 14. The second kappa shape index (κ2) is 12.5.